The van der Waals surface area contributed by atoms with Crippen molar-refractivity contribution in [3.63, 3.8) is 0 Å². The van der Waals surface area contributed by atoms with Gasteiger partial charge in [-0.15, -0.1) is 0 Å². The highest BCUT2D eigenvalue weighted by atomic mass is 32.2. The minimum atomic E-state index is 0.124. The number of benzene rings is 1. The average molecular weight is 333 g/mol. The van der Waals surface area contributed by atoms with Crippen LogP contribution in [0, 0.1) is 0 Å². The molecule has 6 heteroatoms. The van der Waals surface area contributed by atoms with E-state index in [0.717, 1.165) is 40.9 Å². The number of unbranched alkanes of at least 4 members (excludes halogenated alkanes) is 1. The van der Waals surface area contributed by atoms with Gasteiger partial charge >= 0.3 is 0 Å². The largest absolute Gasteiger partial charge is 0.338 e. The summed E-state index contributed by atoms with van der Waals surface area (Å²) < 4.78 is 6.46. The summed E-state index contributed by atoms with van der Waals surface area (Å²) >= 11 is 3.46. The number of nitrogens with zero attached hydrogens (tertiary/aromatic N) is 3. The van der Waals surface area contributed by atoms with E-state index >= 15 is 0 Å². The maximum absolute atomic E-state index is 5.39. The van der Waals surface area contributed by atoms with Crippen LogP contribution >= 0.6 is 23.5 Å². The number of aryl methyl sites for hydroxylation is 1. The average Bonchev–Trinajstić information content (AvgIpc) is 3.02. The zero-order chi connectivity index (χ0) is 15.4. The van der Waals surface area contributed by atoms with Gasteiger partial charge in [-0.3, -0.25) is 0 Å². The van der Waals surface area contributed by atoms with E-state index in [0.29, 0.717) is 5.89 Å². The SMILES string of the molecule is CCCCc1noc(C(C)SC2=Nc3ccccc3CS2)n1. The summed E-state index contributed by atoms with van der Waals surface area (Å²) in [5, 5.41) is 4.18. The molecule has 1 unspecified atom stereocenters. The molecule has 0 radical (unpaired) electrons. The van der Waals surface area contributed by atoms with Crippen molar-refractivity contribution in [3.8, 4) is 0 Å². The molecule has 0 amide bonds. The second-order valence-corrected chi connectivity index (χ2v) is 7.76. The number of fused-ring (bicyclic) bond motifs is 1. The predicted octanol–water partition coefficient (Wildman–Crippen LogP) is 5.14. The minimum Gasteiger partial charge on any atom is -0.338 e. The van der Waals surface area contributed by atoms with Crippen LogP contribution in [-0.4, -0.2) is 14.5 Å². The van der Waals surface area contributed by atoms with Gasteiger partial charge in [0.25, 0.3) is 0 Å². The topological polar surface area (TPSA) is 51.3 Å². The molecule has 1 atom stereocenters. The highest BCUT2D eigenvalue weighted by Crippen LogP contribution is 2.39. The van der Waals surface area contributed by atoms with Crippen molar-refractivity contribution in [2.75, 3.05) is 0 Å². The third kappa shape index (κ3) is 3.73. The fraction of sp³-hybridized carbons (Fsp3) is 0.438. The molecule has 1 aliphatic rings. The molecule has 0 saturated heterocycles. The fourth-order valence-electron chi connectivity index (χ4n) is 2.14. The monoisotopic (exact) mass is 333 g/mol. The summed E-state index contributed by atoms with van der Waals surface area (Å²) in [6.45, 7) is 4.25. The quantitative estimate of drug-likeness (QED) is 0.758. The molecule has 0 aliphatic carbocycles. The van der Waals surface area contributed by atoms with Crippen LogP contribution in [0.15, 0.2) is 33.8 Å². The lowest BCUT2D eigenvalue weighted by atomic mass is 10.2. The molecule has 116 valence electrons. The Hall–Kier alpha value is -1.27. The van der Waals surface area contributed by atoms with Crippen LogP contribution in [0.25, 0.3) is 0 Å². The summed E-state index contributed by atoms with van der Waals surface area (Å²) in [6, 6.07) is 8.29. The van der Waals surface area contributed by atoms with E-state index in [1.54, 1.807) is 23.5 Å². The van der Waals surface area contributed by atoms with E-state index in [4.69, 9.17) is 9.52 Å². The van der Waals surface area contributed by atoms with Crippen molar-refractivity contribution in [2.45, 2.75) is 44.1 Å². The summed E-state index contributed by atoms with van der Waals surface area (Å²) in [4.78, 5) is 9.21. The molecule has 0 spiro atoms. The fourth-order valence-corrected chi connectivity index (χ4v) is 4.36. The lowest BCUT2D eigenvalue weighted by molar-refractivity contribution is 0.374. The molecule has 2 heterocycles. The van der Waals surface area contributed by atoms with Crippen molar-refractivity contribution in [2.24, 2.45) is 4.99 Å². The van der Waals surface area contributed by atoms with Gasteiger partial charge in [0.05, 0.1) is 10.9 Å². The first-order valence-corrected chi connectivity index (χ1v) is 9.41. The molecule has 0 bridgehead atoms. The molecular formula is C16H19N3OS2. The summed E-state index contributed by atoms with van der Waals surface area (Å²) in [5.41, 5.74) is 2.37. The first kappa shape index (κ1) is 15.6. The standard InChI is InChI=1S/C16H19N3OS2/c1-3-4-9-14-18-15(20-19-14)11(2)22-16-17-13-8-6-5-7-12(13)10-21-16/h5-8,11H,3-4,9-10H2,1-2H3. The Kier molecular flexibility index (Phi) is 5.20. The lowest BCUT2D eigenvalue weighted by Crippen LogP contribution is -1.99. The summed E-state index contributed by atoms with van der Waals surface area (Å²) in [6.07, 6.45) is 3.13. The second-order valence-electron chi connectivity index (χ2n) is 5.21. The van der Waals surface area contributed by atoms with Crippen LogP contribution in [0.1, 0.15) is 49.2 Å². The van der Waals surface area contributed by atoms with E-state index in [1.165, 1.54) is 5.56 Å². The maximum atomic E-state index is 5.39. The Morgan fingerprint density at radius 3 is 3.09 bits per heavy atom. The normalized spacial score (nSPS) is 15.3. The van der Waals surface area contributed by atoms with Crippen LogP contribution in [0.4, 0.5) is 5.69 Å². The Labute approximate surface area is 139 Å². The minimum absolute atomic E-state index is 0.124. The second kappa shape index (κ2) is 7.33. The molecule has 1 aliphatic heterocycles. The molecule has 0 fully saturated rings. The number of hydrogen-bond donors (Lipinski definition) is 0. The van der Waals surface area contributed by atoms with Crippen molar-refractivity contribution in [1.82, 2.24) is 10.1 Å². The number of rotatable bonds is 5. The number of hydrogen-bond acceptors (Lipinski definition) is 6. The van der Waals surface area contributed by atoms with E-state index in [-0.39, 0.29) is 5.25 Å². The molecule has 4 nitrogen and oxygen atoms in total. The molecule has 0 N–H and O–H groups in total. The maximum Gasteiger partial charge on any atom is 0.239 e. The molecule has 3 rings (SSSR count). The molecule has 1 aromatic carbocycles. The van der Waals surface area contributed by atoms with Crippen LogP contribution in [0.2, 0.25) is 0 Å². The first-order chi connectivity index (χ1) is 10.8. The van der Waals surface area contributed by atoms with E-state index in [1.807, 2.05) is 6.07 Å². The van der Waals surface area contributed by atoms with Gasteiger partial charge in [-0.1, -0.05) is 60.2 Å². The Balaban J connectivity index is 1.66. The lowest BCUT2D eigenvalue weighted by Gasteiger charge is -2.15. The highest BCUT2D eigenvalue weighted by Gasteiger charge is 2.20. The van der Waals surface area contributed by atoms with Crippen LogP contribution in [0.5, 0.6) is 0 Å². The van der Waals surface area contributed by atoms with E-state index in [9.17, 15) is 0 Å². The van der Waals surface area contributed by atoms with Crippen molar-refractivity contribution in [3.05, 3.63) is 41.5 Å². The van der Waals surface area contributed by atoms with Crippen LogP contribution in [-0.2, 0) is 12.2 Å². The van der Waals surface area contributed by atoms with Crippen molar-refractivity contribution < 1.29 is 4.52 Å². The zero-order valence-corrected chi connectivity index (χ0v) is 14.4. The van der Waals surface area contributed by atoms with Gasteiger partial charge in [0.2, 0.25) is 5.89 Å². The number of thioether (sulfide) groups is 2. The number of aliphatic imine (C=N–C) groups is 1. The Morgan fingerprint density at radius 1 is 1.36 bits per heavy atom. The predicted molar refractivity (Wildman–Crippen MR) is 93.7 cm³/mol. The number of para-hydroxylation sites is 1. The van der Waals surface area contributed by atoms with E-state index in [2.05, 4.69) is 42.2 Å². The van der Waals surface area contributed by atoms with Gasteiger partial charge in [-0.2, -0.15) is 4.98 Å². The molecular weight excluding hydrogens is 314 g/mol. The van der Waals surface area contributed by atoms with Crippen molar-refractivity contribution in [1.29, 1.82) is 0 Å². The molecule has 1 aromatic heterocycles. The Bertz CT molecular complexity index is 669. The third-order valence-electron chi connectivity index (χ3n) is 3.42. The first-order valence-electron chi connectivity index (χ1n) is 7.54. The van der Waals surface area contributed by atoms with Gasteiger partial charge < -0.3 is 4.52 Å². The van der Waals surface area contributed by atoms with Crippen LogP contribution in [0.3, 0.4) is 0 Å². The molecule has 2 aromatic rings. The summed E-state index contributed by atoms with van der Waals surface area (Å²) in [7, 11) is 0. The van der Waals surface area contributed by atoms with Gasteiger partial charge in [0.15, 0.2) is 5.82 Å². The van der Waals surface area contributed by atoms with E-state index < -0.39 is 0 Å². The van der Waals surface area contributed by atoms with Gasteiger partial charge in [-0.25, -0.2) is 4.99 Å². The van der Waals surface area contributed by atoms with Crippen molar-refractivity contribution >= 4 is 33.6 Å². The smallest absolute Gasteiger partial charge is 0.239 e. The van der Waals surface area contributed by atoms with Gasteiger partial charge in [-0.05, 0) is 25.0 Å². The Morgan fingerprint density at radius 2 is 2.23 bits per heavy atom. The summed E-state index contributed by atoms with van der Waals surface area (Å²) in [5.74, 6) is 2.48. The van der Waals surface area contributed by atoms with Gasteiger partial charge in [0, 0.05) is 12.2 Å². The third-order valence-corrected chi connectivity index (χ3v) is 5.70. The molecule has 22 heavy (non-hydrogen) atoms. The van der Waals surface area contributed by atoms with Gasteiger partial charge in [0.1, 0.15) is 4.38 Å². The van der Waals surface area contributed by atoms with Crippen LogP contribution < -0.4 is 0 Å². The highest BCUT2D eigenvalue weighted by molar-refractivity contribution is 8.38. The number of aromatic nitrogens is 2. The zero-order valence-electron chi connectivity index (χ0n) is 12.8. The molecule has 0 saturated carbocycles.